The average molecular weight is 569 g/mol. The number of aromatic nitrogens is 7. The van der Waals surface area contributed by atoms with Gasteiger partial charge in [0.1, 0.15) is 34.2 Å². The SMILES string of the molecule is CCOC(c1ncc(C)cn1)C(C)S(=O)(=O)Nc1nnc(-c2cc3n(n2)CCC3)n1-c1c(OC)cccc1OC. The highest BCUT2D eigenvalue weighted by Gasteiger charge is 2.35. The molecular weight excluding hydrogens is 536 g/mol. The predicted molar refractivity (Wildman–Crippen MR) is 147 cm³/mol. The number of sulfonamides is 1. The van der Waals surface area contributed by atoms with Gasteiger partial charge in [0, 0.05) is 31.2 Å². The lowest BCUT2D eigenvalue weighted by Gasteiger charge is -2.23. The number of aryl methyl sites for hydroxylation is 3. The van der Waals surface area contributed by atoms with Crippen LogP contribution in [0, 0.1) is 6.92 Å². The normalized spacial score (nSPS) is 14.5. The molecule has 40 heavy (non-hydrogen) atoms. The molecule has 1 aromatic carbocycles. The minimum Gasteiger partial charge on any atom is -0.494 e. The summed E-state index contributed by atoms with van der Waals surface area (Å²) in [4.78, 5) is 8.62. The van der Waals surface area contributed by atoms with Crippen molar-refractivity contribution in [2.45, 2.75) is 51.5 Å². The number of methoxy groups -OCH3 is 2. The minimum absolute atomic E-state index is 0.0575. The summed E-state index contributed by atoms with van der Waals surface area (Å²) in [7, 11) is -1.07. The second-order valence-electron chi connectivity index (χ2n) is 9.39. The fraction of sp³-hybridized carbons (Fsp3) is 0.423. The molecule has 1 aliphatic rings. The quantitative estimate of drug-likeness (QED) is 0.286. The highest BCUT2D eigenvalue weighted by molar-refractivity contribution is 7.93. The van der Waals surface area contributed by atoms with Crippen molar-refractivity contribution < 1.29 is 22.6 Å². The molecule has 0 spiro atoms. The summed E-state index contributed by atoms with van der Waals surface area (Å²) in [6, 6.07) is 7.21. The summed E-state index contributed by atoms with van der Waals surface area (Å²) >= 11 is 0. The van der Waals surface area contributed by atoms with Gasteiger partial charge in [0.25, 0.3) is 0 Å². The molecule has 1 aliphatic heterocycles. The molecule has 0 amide bonds. The van der Waals surface area contributed by atoms with Crippen molar-refractivity contribution in [2.75, 3.05) is 25.5 Å². The Bertz CT molecular complexity index is 1560. The van der Waals surface area contributed by atoms with Crippen molar-refractivity contribution in [3.63, 3.8) is 0 Å². The lowest BCUT2D eigenvalue weighted by Crippen LogP contribution is -2.34. The van der Waals surface area contributed by atoms with Crippen LogP contribution in [-0.2, 0) is 27.7 Å². The number of rotatable bonds is 11. The molecule has 4 aromatic rings. The van der Waals surface area contributed by atoms with Crippen LogP contribution < -0.4 is 14.2 Å². The molecule has 212 valence electrons. The smallest absolute Gasteiger partial charge is 0.243 e. The van der Waals surface area contributed by atoms with Gasteiger partial charge in [-0.3, -0.25) is 14.0 Å². The third kappa shape index (κ3) is 5.11. The summed E-state index contributed by atoms with van der Waals surface area (Å²) < 4.78 is 50.8. The van der Waals surface area contributed by atoms with Crippen LogP contribution in [0.15, 0.2) is 36.7 Å². The van der Waals surface area contributed by atoms with E-state index in [1.165, 1.54) is 21.1 Å². The van der Waals surface area contributed by atoms with E-state index in [2.05, 4.69) is 24.9 Å². The highest BCUT2D eigenvalue weighted by atomic mass is 32.2. The Morgan fingerprint density at radius 3 is 2.42 bits per heavy atom. The minimum atomic E-state index is -4.11. The van der Waals surface area contributed by atoms with Crippen LogP contribution in [0.4, 0.5) is 5.95 Å². The number of nitrogens with one attached hydrogen (secondary N) is 1. The van der Waals surface area contributed by atoms with E-state index in [1.807, 2.05) is 17.7 Å². The molecule has 4 heterocycles. The first-order chi connectivity index (χ1) is 19.3. The molecule has 2 atom stereocenters. The molecule has 0 radical (unpaired) electrons. The van der Waals surface area contributed by atoms with Crippen LogP contribution in [-0.4, -0.2) is 69.0 Å². The molecule has 3 aromatic heterocycles. The fourth-order valence-electron chi connectivity index (χ4n) is 4.68. The molecule has 0 fully saturated rings. The Morgan fingerprint density at radius 1 is 1.10 bits per heavy atom. The Kier molecular flexibility index (Phi) is 7.72. The number of para-hydroxylation sites is 1. The summed E-state index contributed by atoms with van der Waals surface area (Å²) in [5.74, 6) is 1.41. The molecule has 0 saturated heterocycles. The van der Waals surface area contributed by atoms with E-state index in [-0.39, 0.29) is 18.4 Å². The van der Waals surface area contributed by atoms with Crippen LogP contribution in [0.3, 0.4) is 0 Å². The molecule has 5 rings (SSSR count). The molecule has 0 bridgehead atoms. The zero-order valence-corrected chi connectivity index (χ0v) is 23.8. The third-order valence-electron chi connectivity index (χ3n) is 6.73. The molecule has 2 unspecified atom stereocenters. The van der Waals surface area contributed by atoms with Crippen molar-refractivity contribution in [1.82, 2.24) is 34.5 Å². The van der Waals surface area contributed by atoms with Gasteiger partial charge in [0.2, 0.25) is 16.0 Å². The topological polar surface area (TPSA) is 148 Å². The maximum absolute atomic E-state index is 13.8. The van der Waals surface area contributed by atoms with Gasteiger partial charge >= 0.3 is 0 Å². The van der Waals surface area contributed by atoms with Crippen molar-refractivity contribution in [3.8, 4) is 28.7 Å². The molecule has 14 heteroatoms. The highest BCUT2D eigenvalue weighted by Crippen LogP contribution is 2.38. The van der Waals surface area contributed by atoms with Gasteiger partial charge in [0.05, 0.1) is 14.2 Å². The van der Waals surface area contributed by atoms with Crippen LogP contribution in [0.1, 0.15) is 43.5 Å². The lowest BCUT2D eigenvalue weighted by atomic mass is 10.2. The summed E-state index contributed by atoms with van der Waals surface area (Å²) in [6.45, 7) is 6.25. The van der Waals surface area contributed by atoms with Crippen LogP contribution in [0.25, 0.3) is 17.2 Å². The van der Waals surface area contributed by atoms with E-state index in [4.69, 9.17) is 19.3 Å². The number of anilines is 1. The monoisotopic (exact) mass is 568 g/mol. The first-order valence-electron chi connectivity index (χ1n) is 12.9. The number of fused-ring (bicyclic) bond motifs is 1. The van der Waals surface area contributed by atoms with Crippen molar-refractivity contribution in [3.05, 3.63) is 53.7 Å². The molecule has 0 saturated carbocycles. The Balaban J connectivity index is 1.60. The van der Waals surface area contributed by atoms with Gasteiger partial charge < -0.3 is 14.2 Å². The fourth-order valence-corrected chi connectivity index (χ4v) is 5.78. The maximum atomic E-state index is 13.8. The van der Waals surface area contributed by atoms with E-state index in [0.717, 1.165) is 30.6 Å². The summed E-state index contributed by atoms with van der Waals surface area (Å²) in [5, 5.41) is 12.2. The number of ether oxygens (including phenoxy) is 3. The second-order valence-corrected chi connectivity index (χ2v) is 11.4. The third-order valence-corrected chi connectivity index (χ3v) is 8.43. The first-order valence-corrected chi connectivity index (χ1v) is 14.5. The number of hydrogen-bond acceptors (Lipinski definition) is 10. The molecule has 13 nitrogen and oxygen atoms in total. The predicted octanol–water partition coefficient (Wildman–Crippen LogP) is 3.10. The zero-order chi connectivity index (χ0) is 28.4. The molecule has 0 aliphatic carbocycles. The van der Waals surface area contributed by atoms with E-state index in [1.54, 1.807) is 42.1 Å². The van der Waals surface area contributed by atoms with Gasteiger partial charge in [-0.1, -0.05) is 6.07 Å². The molecular formula is C26H32N8O5S. The van der Waals surface area contributed by atoms with Gasteiger partial charge in [-0.25, -0.2) is 18.4 Å². The first kappa shape index (κ1) is 27.5. The van der Waals surface area contributed by atoms with E-state index < -0.39 is 21.4 Å². The van der Waals surface area contributed by atoms with Gasteiger partial charge in [-0.2, -0.15) is 5.10 Å². The molecule has 1 N–H and O–H groups in total. The standard InChI is InChI=1S/C26H32N8O5S/c1-6-39-23(24-27-14-16(2)15-28-24)17(3)40(35,36)32-26-30-29-25(19-13-18-9-8-12-33(18)31-19)34(26)22-20(37-4)10-7-11-21(22)38-5/h7,10-11,13-15,17,23H,6,8-9,12H2,1-5H3,(H,30,32). The second kappa shape index (κ2) is 11.2. The van der Waals surface area contributed by atoms with E-state index >= 15 is 0 Å². The van der Waals surface area contributed by atoms with Crippen molar-refractivity contribution >= 4 is 16.0 Å². The van der Waals surface area contributed by atoms with Gasteiger partial charge in [-0.15, -0.1) is 10.2 Å². The van der Waals surface area contributed by atoms with E-state index in [0.29, 0.717) is 28.7 Å². The lowest BCUT2D eigenvalue weighted by molar-refractivity contribution is 0.0557. The largest absolute Gasteiger partial charge is 0.494 e. The van der Waals surface area contributed by atoms with Crippen LogP contribution in [0.5, 0.6) is 11.5 Å². The average Bonchev–Trinajstić information content (AvgIpc) is 3.66. The number of nitrogens with zero attached hydrogens (tertiary/aromatic N) is 7. The Morgan fingerprint density at radius 2 is 1.80 bits per heavy atom. The number of benzene rings is 1. The van der Waals surface area contributed by atoms with E-state index in [9.17, 15) is 8.42 Å². The van der Waals surface area contributed by atoms with Gasteiger partial charge in [0.15, 0.2) is 11.6 Å². The van der Waals surface area contributed by atoms with Crippen molar-refractivity contribution in [2.24, 2.45) is 0 Å². The van der Waals surface area contributed by atoms with Crippen molar-refractivity contribution in [1.29, 1.82) is 0 Å². The summed E-state index contributed by atoms with van der Waals surface area (Å²) in [6.07, 6.45) is 4.25. The number of hydrogen-bond donors (Lipinski definition) is 1. The van der Waals surface area contributed by atoms with Crippen LogP contribution >= 0.6 is 0 Å². The summed E-state index contributed by atoms with van der Waals surface area (Å²) in [5.41, 5.74) is 2.90. The Hall–Kier alpha value is -4.04. The Labute approximate surface area is 232 Å². The van der Waals surface area contributed by atoms with Gasteiger partial charge in [-0.05, 0) is 57.4 Å². The maximum Gasteiger partial charge on any atom is 0.243 e. The van der Waals surface area contributed by atoms with Crippen LogP contribution in [0.2, 0.25) is 0 Å². The zero-order valence-electron chi connectivity index (χ0n) is 23.0.